The standard InChI is InChI=1S/C15H20BrNO2/c1-10-7-8-14(13(16)9-10)19-11(2)15(18)17-12-5-3-4-6-12/h7-9,11-12H,3-6H2,1-2H3,(H,17,18). The number of carbonyl (C=O) groups excluding carboxylic acids is 1. The Bertz CT molecular complexity index is 455. The molecule has 0 aromatic heterocycles. The molecule has 1 amide bonds. The van der Waals surface area contributed by atoms with Crippen LogP contribution in [0.3, 0.4) is 0 Å². The lowest BCUT2D eigenvalue weighted by atomic mass is 10.2. The molecule has 1 saturated carbocycles. The molecule has 0 radical (unpaired) electrons. The van der Waals surface area contributed by atoms with Crippen molar-refractivity contribution in [3.8, 4) is 5.75 Å². The highest BCUT2D eigenvalue weighted by Gasteiger charge is 2.22. The number of hydrogen-bond acceptors (Lipinski definition) is 2. The molecule has 1 unspecified atom stereocenters. The van der Waals surface area contributed by atoms with Gasteiger partial charge in [-0.2, -0.15) is 0 Å². The van der Waals surface area contributed by atoms with E-state index in [0.717, 1.165) is 22.9 Å². The average Bonchev–Trinajstić information content (AvgIpc) is 2.85. The van der Waals surface area contributed by atoms with Gasteiger partial charge in [-0.25, -0.2) is 0 Å². The van der Waals surface area contributed by atoms with E-state index >= 15 is 0 Å². The summed E-state index contributed by atoms with van der Waals surface area (Å²) in [5.74, 6) is 0.680. The fraction of sp³-hybridized carbons (Fsp3) is 0.533. The van der Waals surface area contributed by atoms with Gasteiger partial charge in [-0.15, -0.1) is 0 Å². The Morgan fingerprint density at radius 1 is 1.42 bits per heavy atom. The second-order valence-electron chi connectivity index (χ2n) is 5.18. The molecule has 0 bridgehead atoms. The first-order valence-electron chi connectivity index (χ1n) is 6.79. The maximum atomic E-state index is 12.0. The van der Waals surface area contributed by atoms with Crippen molar-refractivity contribution in [3.05, 3.63) is 28.2 Å². The highest BCUT2D eigenvalue weighted by Crippen LogP contribution is 2.26. The number of halogens is 1. The van der Waals surface area contributed by atoms with Gasteiger partial charge in [0.25, 0.3) is 5.91 Å². The highest BCUT2D eigenvalue weighted by molar-refractivity contribution is 9.10. The minimum Gasteiger partial charge on any atom is -0.480 e. The SMILES string of the molecule is Cc1ccc(OC(C)C(=O)NC2CCCC2)c(Br)c1. The topological polar surface area (TPSA) is 38.3 Å². The van der Waals surface area contributed by atoms with Crippen LogP contribution in [0.4, 0.5) is 0 Å². The van der Waals surface area contributed by atoms with Crippen LogP contribution in [-0.2, 0) is 4.79 Å². The Balaban J connectivity index is 1.92. The average molecular weight is 326 g/mol. The predicted octanol–water partition coefficient (Wildman–Crippen LogP) is 3.58. The summed E-state index contributed by atoms with van der Waals surface area (Å²) in [5.41, 5.74) is 1.15. The number of aryl methyl sites for hydroxylation is 1. The quantitative estimate of drug-likeness (QED) is 0.918. The van der Waals surface area contributed by atoms with Crippen LogP contribution in [-0.4, -0.2) is 18.1 Å². The molecule has 1 aliphatic carbocycles. The van der Waals surface area contributed by atoms with Gasteiger partial charge < -0.3 is 10.1 Å². The molecule has 3 nitrogen and oxygen atoms in total. The van der Waals surface area contributed by atoms with Crippen molar-refractivity contribution in [1.82, 2.24) is 5.32 Å². The summed E-state index contributed by atoms with van der Waals surface area (Å²) in [7, 11) is 0. The van der Waals surface area contributed by atoms with Gasteiger partial charge in [-0.05, 0) is 60.3 Å². The van der Waals surface area contributed by atoms with E-state index < -0.39 is 6.10 Å². The molecule has 19 heavy (non-hydrogen) atoms. The van der Waals surface area contributed by atoms with E-state index in [-0.39, 0.29) is 5.91 Å². The number of ether oxygens (including phenoxy) is 1. The fourth-order valence-electron chi connectivity index (χ4n) is 2.33. The summed E-state index contributed by atoms with van der Waals surface area (Å²) in [6, 6.07) is 6.18. The van der Waals surface area contributed by atoms with Gasteiger partial charge in [-0.1, -0.05) is 18.9 Å². The Morgan fingerprint density at radius 3 is 2.74 bits per heavy atom. The van der Waals surface area contributed by atoms with E-state index in [1.54, 1.807) is 6.92 Å². The lowest BCUT2D eigenvalue weighted by Gasteiger charge is -2.18. The van der Waals surface area contributed by atoms with Crippen LogP contribution in [0.15, 0.2) is 22.7 Å². The van der Waals surface area contributed by atoms with E-state index in [4.69, 9.17) is 4.74 Å². The summed E-state index contributed by atoms with van der Waals surface area (Å²) in [6.07, 6.45) is 4.13. The van der Waals surface area contributed by atoms with Gasteiger partial charge in [0.2, 0.25) is 0 Å². The molecule has 1 fully saturated rings. The Hall–Kier alpha value is -1.03. The van der Waals surface area contributed by atoms with Crippen LogP contribution in [0.1, 0.15) is 38.2 Å². The first-order chi connectivity index (χ1) is 9.06. The van der Waals surface area contributed by atoms with Crippen molar-refractivity contribution in [2.24, 2.45) is 0 Å². The van der Waals surface area contributed by atoms with Crippen LogP contribution < -0.4 is 10.1 Å². The monoisotopic (exact) mass is 325 g/mol. The van der Waals surface area contributed by atoms with Crippen LogP contribution in [0.25, 0.3) is 0 Å². The van der Waals surface area contributed by atoms with E-state index in [1.807, 2.05) is 25.1 Å². The molecule has 1 aliphatic rings. The zero-order chi connectivity index (χ0) is 13.8. The molecule has 1 N–H and O–H groups in total. The summed E-state index contributed by atoms with van der Waals surface area (Å²) in [4.78, 5) is 12.0. The molecule has 104 valence electrons. The minimum atomic E-state index is -0.473. The highest BCUT2D eigenvalue weighted by atomic mass is 79.9. The van der Waals surface area contributed by atoms with Crippen molar-refractivity contribution >= 4 is 21.8 Å². The maximum absolute atomic E-state index is 12.0. The van der Waals surface area contributed by atoms with Crippen LogP contribution in [0, 0.1) is 6.92 Å². The van der Waals surface area contributed by atoms with Gasteiger partial charge in [0.1, 0.15) is 5.75 Å². The van der Waals surface area contributed by atoms with E-state index in [1.165, 1.54) is 12.8 Å². The van der Waals surface area contributed by atoms with Gasteiger partial charge in [0.05, 0.1) is 4.47 Å². The van der Waals surface area contributed by atoms with Crippen LogP contribution in [0.2, 0.25) is 0 Å². The minimum absolute atomic E-state index is 0.0284. The van der Waals surface area contributed by atoms with Crippen molar-refractivity contribution < 1.29 is 9.53 Å². The second-order valence-corrected chi connectivity index (χ2v) is 6.04. The maximum Gasteiger partial charge on any atom is 0.260 e. The third-order valence-electron chi connectivity index (χ3n) is 3.46. The summed E-state index contributed by atoms with van der Waals surface area (Å²) < 4.78 is 6.60. The first-order valence-corrected chi connectivity index (χ1v) is 7.59. The van der Waals surface area contributed by atoms with Gasteiger partial charge in [0, 0.05) is 6.04 Å². The summed E-state index contributed by atoms with van der Waals surface area (Å²) in [6.45, 7) is 3.81. The molecular weight excluding hydrogens is 306 g/mol. The van der Waals surface area contributed by atoms with Crippen molar-refractivity contribution in [2.45, 2.75) is 51.7 Å². The number of hydrogen-bond donors (Lipinski definition) is 1. The molecule has 0 spiro atoms. The Morgan fingerprint density at radius 2 is 2.11 bits per heavy atom. The third kappa shape index (κ3) is 3.96. The first kappa shape index (κ1) is 14.4. The van der Waals surface area contributed by atoms with E-state index in [9.17, 15) is 4.79 Å². The lowest BCUT2D eigenvalue weighted by Crippen LogP contribution is -2.41. The molecule has 1 atom stereocenters. The molecule has 0 aliphatic heterocycles. The number of benzene rings is 1. The molecule has 2 rings (SSSR count). The predicted molar refractivity (Wildman–Crippen MR) is 79.4 cm³/mol. The summed E-state index contributed by atoms with van der Waals surface area (Å²) in [5, 5.41) is 3.05. The Labute approximate surface area is 122 Å². The fourth-order valence-corrected chi connectivity index (χ4v) is 2.92. The molecule has 4 heteroatoms. The second kappa shape index (κ2) is 6.42. The molecule has 0 saturated heterocycles. The van der Waals surface area contributed by atoms with Gasteiger partial charge >= 0.3 is 0 Å². The van der Waals surface area contributed by atoms with E-state index in [2.05, 4.69) is 21.2 Å². The number of amides is 1. The van der Waals surface area contributed by atoms with E-state index in [0.29, 0.717) is 11.8 Å². The zero-order valence-corrected chi connectivity index (χ0v) is 13.0. The number of carbonyl (C=O) groups is 1. The summed E-state index contributed by atoms with van der Waals surface area (Å²) >= 11 is 3.46. The van der Waals surface area contributed by atoms with Crippen LogP contribution >= 0.6 is 15.9 Å². The van der Waals surface area contributed by atoms with Gasteiger partial charge in [0.15, 0.2) is 6.10 Å². The normalized spacial score (nSPS) is 17.2. The number of nitrogens with one attached hydrogen (secondary N) is 1. The lowest BCUT2D eigenvalue weighted by molar-refractivity contribution is -0.127. The van der Waals surface area contributed by atoms with Crippen molar-refractivity contribution in [2.75, 3.05) is 0 Å². The smallest absolute Gasteiger partial charge is 0.260 e. The number of rotatable bonds is 4. The van der Waals surface area contributed by atoms with Crippen molar-refractivity contribution in [1.29, 1.82) is 0 Å². The Kier molecular flexibility index (Phi) is 4.86. The molecule has 0 heterocycles. The largest absolute Gasteiger partial charge is 0.480 e. The zero-order valence-electron chi connectivity index (χ0n) is 11.4. The molecule has 1 aromatic carbocycles. The molecular formula is C15H20BrNO2. The van der Waals surface area contributed by atoms with Crippen LogP contribution in [0.5, 0.6) is 5.75 Å². The van der Waals surface area contributed by atoms with Gasteiger partial charge in [-0.3, -0.25) is 4.79 Å². The third-order valence-corrected chi connectivity index (χ3v) is 4.08. The van der Waals surface area contributed by atoms with Crippen molar-refractivity contribution in [3.63, 3.8) is 0 Å². The molecule has 1 aromatic rings.